The van der Waals surface area contributed by atoms with Crippen LogP contribution in [-0.2, 0) is 0 Å². The molecule has 4 aromatic heterocycles. The Labute approximate surface area is 344 Å². The first kappa shape index (κ1) is 33.9. The molecule has 6 nitrogen and oxygen atoms in total. The summed E-state index contributed by atoms with van der Waals surface area (Å²) in [7, 11) is 0. The normalized spacial score (nSPS) is 11.7. The van der Waals surface area contributed by atoms with E-state index in [0.717, 1.165) is 88.6 Å². The van der Waals surface area contributed by atoms with Crippen molar-refractivity contribution in [1.82, 2.24) is 24.5 Å². The van der Waals surface area contributed by atoms with Crippen molar-refractivity contribution in [3.8, 4) is 62.2 Å². The zero-order valence-corrected chi connectivity index (χ0v) is 32.2. The fraction of sp³-hybridized carbons (Fsp3) is 0. The molecule has 0 aliphatic rings. The van der Waals surface area contributed by atoms with E-state index in [1.54, 1.807) is 0 Å². The van der Waals surface area contributed by atoms with Crippen molar-refractivity contribution < 1.29 is 4.42 Å². The van der Waals surface area contributed by atoms with Gasteiger partial charge in [-0.2, -0.15) is 0 Å². The molecule has 0 spiro atoms. The number of hydrogen-bond acceptors (Lipinski definition) is 5. The number of nitrogens with zero attached hydrogens (tertiary/aromatic N) is 5. The average Bonchev–Trinajstić information content (AvgIpc) is 3.88. The van der Waals surface area contributed by atoms with Crippen LogP contribution in [0.25, 0.3) is 117 Å². The van der Waals surface area contributed by atoms with Crippen LogP contribution in [0.15, 0.2) is 205 Å². The highest BCUT2D eigenvalue weighted by atomic mass is 16.3. The first-order valence-electron chi connectivity index (χ1n) is 20.1. The van der Waals surface area contributed by atoms with E-state index < -0.39 is 0 Å². The van der Waals surface area contributed by atoms with Crippen LogP contribution in [0.2, 0.25) is 0 Å². The van der Waals surface area contributed by atoms with E-state index in [1.165, 1.54) is 10.8 Å². The topological polar surface area (TPSA) is 69.6 Å². The second-order valence-corrected chi connectivity index (χ2v) is 15.0. The van der Waals surface area contributed by atoms with Gasteiger partial charge >= 0.3 is 0 Å². The summed E-state index contributed by atoms with van der Waals surface area (Å²) in [6.45, 7) is 0. The number of benzene rings is 8. The molecule has 60 heavy (non-hydrogen) atoms. The fourth-order valence-corrected chi connectivity index (χ4v) is 8.66. The lowest BCUT2D eigenvalue weighted by Crippen LogP contribution is -2.01. The molecule has 0 saturated heterocycles. The number of furan rings is 1. The van der Waals surface area contributed by atoms with Crippen LogP contribution in [0.3, 0.4) is 0 Å². The number of hydrogen-bond donors (Lipinski definition) is 0. The van der Waals surface area contributed by atoms with Gasteiger partial charge in [-0.1, -0.05) is 146 Å². The van der Waals surface area contributed by atoms with E-state index in [1.807, 2.05) is 48.5 Å². The molecule has 0 unspecified atom stereocenters. The summed E-state index contributed by atoms with van der Waals surface area (Å²) < 4.78 is 8.79. The Morgan fingerprint density at radius 3 is 1.57 bits per heavy atom. The smallest absolute Gasteiger partial charge is 0.164 e. The Morgan fingerprint density at radius 1 is 0.350 bits per heavy atom. The summed E-state index contributed by atoms with van der Waals surface area (Å²) in [6.07, 6.45) is 0. The third kappa shape index (κ3) is 5.50. The van der Waals surface area contributed by atoms with Crippen molar-refractivity contribution >= 4 is 54.6 Å². The highest BCUT2D eigenvalue weighted by molar-refractivity contribution is 6.19. The first-order chi connectivity index (χ1) is 29.7. The predicted octanol–water partition coefficient (Wildman–Crippen LogP) is 13.8. The Morgan fingerprint density at radius 2 is 0.867 bits per heavy atom. The van der Waals surface area contributed by atoms with Gasteiger partial charge in [0.25, 0.3) is 0 Å². The van der Waals surface area contributed by atoms with E-state index in [-0.39, 0.29) is 0 Å². The maximum atomic E-state index is 6.47. The number of rotatable bonds is 6. The van der Waals surface area contributed by atoms with E-state index in [0.29, 0.717) is 17.5 Å². The zero-order valence-electron chi connectivity index (χ0n) is 32.2. The minimum Gasteiger partial charge on any atom is -0.455 e. The maximum absolute atomic E-state index is 6.47. The molecule has 6 heteroatoms. The molecule has 0 fully saturated rings. The van der Waals surface area contributed by atoms with Gasteiger partial charge in [0.05, 0.1) is 27.6 Å². The van der Waals surface area contributed by atoms with E-state index in [2.05, 4.69) is 156 Å². The van der Waals surface area contributed by atoms with Crippen molar-refractivity contribution in [2.24, 2.45) is 0 Å². The third-order valence-electron chi connectivity index (χ3n) is 11.5. The van der Waals surface area contributed by atoms with Crippen molar-refractivity contribution in [2.75, 3.05) is 0 Å². The van der Waals surface area contributed by atoms with Gasteiger partial charge in [0.2, 0.25) is 0 Å². The highest BCUT2D eigenvalue weighted by Gasteiger charge is 2.20. The quantitative estimate of drug-likeness (QED) is 0.168. The minimum absolute atomic E-state index is 0.585. The number of para-hydroxylation sites is 4. The lowest BCUT2D eigenvalue weighted by Gasteiger charge is -2.13. The van der Waals surface area contributed by atoms with Crippen LogP contribution in [-0.4, -0.2) is 24.5 Å². The summed E-state index contributed by atoms with van der Waals surface area (Å²) in [6, 6.07) is 69.0. The Hall–Kier alpha value is -8.22. The molecule has 0 radical (unpaired) electrons. The van der Waals surface area contributed by atoms with Gasteiger partial charge in [-0.05, 0) is 65.7 Å². The lowest BCUT2D eigenvalue weighted by atomic mass is 9.99. The van der Waals surface area contributed by atoms with Crippen LogP contribution in [0.4, 0.5) is 0 Å². The van der Waals surface area contributed by atoms with Crippen LogP contribution in [0.5, 0.6) is 0 Å². The molecule has 0 aliphatic heterocycles. The molecule has 0 saturated carbocycles. The largest absolute Gasteiger partial charge is 0.455 e. The standard InChI is InChI=1S/C54H33N5O/c1-2-14-34(15-3-1)39-16-4-5-19-42(39)54-57-52(56-53(58-54)37-30-32-38(33-31-37)59-46-23-11-7-17-40(46)41-18-8-12-24-47(41)59)36-28-26-35(27-29-36)50-49-44-21-9-13-25-48(44)60-51(49)43-20-6-10-22-45(43)55-50/h1-33H. The predicted molar refractivity (Wildman–Crippen MR) is 244 cm³/mol. The third-order valence-corrected chi connectivity index (χ3v) is 11.5. The van der Waals surface area contributed by atoms with Gasteiger partial charge in [-0.3, -0.25) is 0 Å². The Kier molecular flexibility index (Phi) is 7.74. The molecule has 280 valence electrons. The maximum Gasteiger partial charge on any atom is 0.164 e. The van der Waals surface area contributed by atoms with Gasteiger partial charge in [0, 0.05) is 49.5 Å². The first-order valence-corrected chi connectivity index (χ1v) is 20.1. The van der Waals surface area contributed by atoms with Crippen molar-refractivity contribution in [3.63, 3.8) is 0 Å². The SMILES string of the molecule is c1ccc(-c2ccccc2-c2nc(-c3ccc(-c4nc5ccccc5c5oc6ccccc6c45)cc3)nc(-c3ccc(-n4c5ccccc5c5ccccc54)cc3)n2)cc1. The zero-order chi connectivity index (χ0) is 39.6. The molecule has 0 bridgehead atoms. The summed E-state index contributed by atoms with van der Waals surface area (Å²) in [5.74, 6) is 1.78. The van der Waals surface area contributed by atoms with Crippen molar-refractivity contribution in [3.05, 3.63) is 200 Å². The van der Waals surface area contributed by atoms with E-state index in [4.69, 9.17) is 24.4 Å². The van der Waals surface area contributed by atoms with E-state index in [9.17, 15) is 0 Å². The Balaban J connectivity index is 1.00. The lowest BCUT2D eigenvalue weighted by molar-refractivity contribution is 0.672. The molecule has 8 aromatic carbocycles. The van der Waals surface area contributed by atoms with Crippen LogP contribution >= 0.6 is 0 Å². The molecule has 12 aromatic rings. The highest BCUT2D eigenvalue weighted by Crippen LogP contribution is 2.40. The summed E-state index contributed by atoms with van der Waals surface area (Å²) >= 11 is 0. The van der Waals surface area contributed by atoms with Gasteiger partial charge < -0.3 is 8.98 Å². The van der Waals surface area contributed by atoms with Gasteiger partial charge in [-0.25, -0.2) is 19.9 Å². The minimum atomic E-state index is 0.585. The number of pyridine rings is 1. The molecular weight excluding hydrogens is 735 g/mol. The summed E-state index contributed by atoms with van der Waals surface area (Å²) in [4.78, 5) is 20.7. The Bertz CT molecular complexity index is 3540. The molecule has 0 aliphatic carbocycles. The van der Waals surface area contributed by atoms with Gasteiger partial charge in [0.1, 0.15) is 11.2 Å². The van der Waals surface area contributed by atoms with Crippen molar-refractivity contribution in [1.29, 1.82) is 0 Å². The number of aromatic nitrogens is 5. The molecule has 4 heterocycles. The van der Waals surface area contributed by atoms with Crippen LogP contribution in [0, 0.1) is 0 Å². The summed E-state index contributed by atoms with van der Waals surface area (Å²) in [5, 5.41) is 5.49. The second kappa shape index (κ2) is 13.7. The molecule has 12 rings (SSSR count). The monoisotopic (exact) mass is 767 g/mol. The van der Waals surface area contributed by atoms with Crippen LogP contribution in [0.1, 0.15) is 0 Å². The van der Waals surface area contributed by atoms with Crippen LogP contribution < -0.4 is 0 Å². The van der Waals surface area contributed by atoms with E-state index >= 15 is 0 Å². The number of fused-ring (bicyclic) bond motifs is 8. The summed E-state index contributed by atoms with van der Waals surface area (Å²) in [5.41, 5.74) is 12.7. The average molecular weight is 768 g/mol. The molecule has 0 amide bonds. The molecule has 0 atom stereocenters. The fourth-order valence-electron chi connectivity index (χ4n) is 8.66. The van der Waals surface area contributed by atoms with Gasteiger partial charge in [0.15, 0.2) is 17.5 Å². The van der Waals surface area contributed by atoms with Gasteiger partial charge in [-0.15, -0.1) is 0 Å². The molecular formula is C54H33N5O. The second-order valence-electron chi connectivity index (χ2n) is 15.0. The molecule has 0 N–H and O–H groups in total. The van der Waals surface area contributed by atoms with Crippen molar-refractivity contribution in [2.45, 2.75) is 0 Å².